The summed E-state index contributed by atoms with van der Waals surface area (Å²) in [6.07, 6.45) is 0.506. The van der Waals surface area contributed by atoms with Crippen LogP contribution in [0.2, 0.25) is 0 Å². The Hall–Kier alpha value is -2.13. The van der Waals surface area contributed by atoms with E-state index in [1.54, 1.807) is 13.8 Å². The van der Waals surface area contributed by atoms with Crippen molar-refractivity contribution in [3.63, 3.8) is 0 Å². The molecular formula is C18H25NO7S. The van der Waals surface area contributed by atoms with E-state index in [0.717, 1.165) is 0 Å². The van der Waals surface area contributed by atoms with Gasteiger partial charge in [0.25, 0.3) is 0 Å². The number of ether oxygens (including phenoxy) is 2. The number of carbonyl (C=O) groups is 2. The van der Waals surface area contributed by atoms with Crippen molar-refractivity contribution in [2.75, 3.05) is 18.5 Å². The summed E-state index contributed by atoms with van der Waals surface area (Å²) >= 11 is 0. The van der Waals surface area contributed by atoms with Gasteiger partial charge in [-0.2, -0.15) is 0 Å². The molecule has 0 aromatic heterocycles. The number of anilines is 1. The van der Waals surface area contributed by atoms with Gasteiger partial charge in [-0.1, -0.05) is 0 Å². The largest absolute Gasteiger partial charge is 0.489 e. The van der Waals surface area contributed by atoms with E-state index in [1.165, 1.54) is 25.1 Å². The lowest BCUT2D eigenvalue weighted by molar-refractivity contribution is -0.115. The molecule has 1 fully saturated rings. The minimum atomic E-state index is -3.69. The van der Waals surface area contributed by atoms with Crippen LogP contribution in [0, 0.1) is 0 Å². The van der Waals surface area contributed by atoms with Crippen LogP contribution in [0.15, 0.2) is 18.2 Å². The molecule has 0 spiro atoms. The number of carboxylic acid groups (broad SMARTS) is 1. The van der Waals surface area contributed by atoms with Gasteiger partial charge in [0.05, 0.1) is 22.6 Å². The molecule has 1 aromatic carbocycles. The summed E-state index contributed by atoms with van der Waals surface area (Å²) in [6, 6.07) is 4.06. The highest BCUT2D eigenvalue weighted by atomic mass is 32.2. The molecule has 1 unspecified atom stereocenters. The van der Waals surface area contributed by atoms with Crippen molar-refractivity contribution in [1.82, 2.24) is 0 Å². The van der Waals surface area contributed by atoms with Gasteiger partial charge < -0.3 is 19.9 Å². The zero-order valence-electron chi connectivity index (χ0n) is 15.6. The Morgan fingerprint density at radius 3 is 2.41 bits per heavy atom. The molecule has 9 heteroatoms. The first-order valence-corrected chi connectivity index (χ1v) is 10.4. The van der Waals surface area contributed by atoms with Crippen LogP contribution in [-0.4, -0.2) is 55.2 Å². The van der Waals surface area contributed by atoms with Crippen LogP contribution in [0.25, 0.3) is 0 Å². The molecule has 0 radical (unpaired) electrons. The Morgan fingerprint density at radius 2 is 1.85 bits per heavy atom. The van der Waals surface area contributed by atoms with Gasteiger partial charge in [0.1, 0.15) is 11.0 Å². The van der Waals surface area contributed by atoms with Crippen molar-refractivity contribution in [1.29, 1.82) is 0 Å². The van der Waals surface area contributed by atoms with E-state index in [-0.39, 0.29) is 23.1 Å². The highest BCUT2D eigenvalue weighted by Crippen LogP contribution is 2.28. The number of nitrogens with one attached hydrogen (secondary N) is 1. The van der Waals surface area contributed by atoms with Crippen LogP contribution in [-0.2, 0) is 19.4 Å². The van der Waals surface area contributed by atoms with Gasteiger partial charge in [0.15, 0.2) is 9.84 Å². The lowest BCUT2D eigenvalue weighted by Crippen LogP contribution is -2.41. The second-order valence-electron chi connectivity index (χ2n) is 6.71. The quantitative estimate of drug-likeness (QED) is 0.720. The SMILES string of the molecule is CC(C)Oc1ccc(C(=O)O)cc1NC(=O)C(C)S(=O)(=O)C1CCOCC1. The summed E-state index contributed by atoms with van der Waals surface area (Å²) in [5.74, 6) is -1.61. The normalized spacial score (nSPS) is 16.7. The maximum absolute atomic E-state index is 12.7. The van der Waals surface area contributed by atoms with Crippen LogP contribution < -0.4 is 10.1 Å². The van der Waals surface area contributed by atoms with Gasteiger partial charge >= 0.3 is 5.97 Å². The van der Waals surface area contributed by atoms with E-state index >= 15 is 0 Å². The molecule has 1 heterocycles. The van der Waals surface area contributed by atoms with Crippen LogP contribution in [0.3, 0.4) is 0 Å². The fraction of sp³-hybridized carbons (Fsp3) is 0.556. The number of sulfone groups is 1. The first kappa shape index (κ1) is 21.2. The molecule has 1 aliphatic rings. The van der Waals surface area contributed by atoms with Crippen molar-refractivity contribution >= 4 is 27.4 Å². The Bertz CT molecular complexity index is 798. The zero-order valence-corrected chi connectivity index (χ0v) is 16.4. The van der Waals surface area contributed by atoms with Crippen molar-refractivity contribution in [2.24, 2.45) is 0 Å². The lowest BCUT2D eigenvalue weighted by atomic mass is 10.2. The van der Waals surface area contributed by atoms with Gasteiger partial charge in [0, 0.05) is 13.2 Å². The summed E-state index contributed by atoms with van der Waals surface area (Å²) in [4.78, 5) is 23.8. The molecule has 1 amide bonds. The minimum absolute atomic E-state index is 0.0404. The number of hydrogen-bond acceptors (Lipinski definition) is 6. The standard InChI is InChI=1S/C18H25NO7S/c1-11(2)26-16-5-4-13(18(21)22)10-15(16)19-17(20)12(3)27(23,24)14-6-8-25-9-7-14/h4-5,10-12,14H,6-9H2,1-3H3,(H,19,20)(H,21,22). The van der Waals surface area contributed by atoms with Gasteiger partial charge in [0.2, 0.25) is 5.91 Å². The van der Waals surface area contributed by atoms with Crippen molar-refractivity contribution < 1.29 is 32.6 Å². The second kappa shape index (κ2) is 8.71. The number of carbonyl (C=O) groups excluding carboxylic acids is 1. The molecule has 8 nitrogen and oxygen atoms in total. The fourth-order valence-electron chi connectivity index (χ4n) is 2.79. The Kier molecular flexibility index (Phi) is 6.83. The minimum Gasteiger partial charge on any atom is -0.489 e. The number of hydrogen-bond donors (Lipinski definition) is 2. The Morgan fingerprint density at radius 1 is 1.22 bits per heavy atom. The van der Waals surface area contributed by atoms with E-state index in [9.17, 15) is 18.0 Å². The second-order valence-corrected chi connectivity index (χ2v) is 9.27. The van der Waals surface area contributed by atoms with Gasteiger partial charge in [-0.3, -0.25) is 4.79 Å². The van der Waals surface area contributed by atoms with Crippen molar-refractivity contribution in [3.8, 4) is 5.75 Å². The third-order valence-corrected chi connectivity index (χ3v) is 6.94. The predicted molar refractivity (Wildman–Crippen MR) is 100 cm³/mol. The Balaban J connectivity index is 2.24. The van der Waals surface area contributed by atoms with E-state index in [0.29, 0.717) is 26.1 Å². The number of aromatic carboxylic acids is 1. The van der Waals surface area contributed by atoms with Crippen molar-refractivity contribution in [3.05, 3.63) is 23.8 Å². The van der Waals surface area contributed by atoms with E-state index < -0.39 is 32.2 Å². The van der Waals surface area contributed by atoms with Crippen LogP contribution in [0.4, 0.5) is 5.69 Å². The predicted octanol–water partition coefficient (Wildman–Crippen LogP) is 2.09. The van der Waals surface area contributed by atoms with Crippen LogP contribution in [0.5, 0.6) is 5.75 Å². The number of carboxylic acids is 1. The first-order chi connectivity index (χ1) is 12.6. The summed E-state index contributed by atoms with van der Waals surface area (Å²) in [7, 11) is -3.69. The topological polar surface area (TPSA) is 119 Å². The molecule has 0 bridgehead atoms. The Labute approximate surface area is 158 Å². The molecule has 1 atom stereocenters. The number of rotatable bonds is 7. The summed E-state index contributed by atoms with van der Waals surface area (Å²) in [6.45, 7) is 5.62. The van der Waals surface area contributed by atoms with Crippen LogP contribution >= 0.6 is 0 Å². The maximum Gasteiger partial charge on any atom is 0.335 e. The lowest BCUT2D eigenvalue weighted by Gasteiger charge is -2.25. The molecule has 1 saturated heterocycles. The average Bonchev–Trinajstić information content (AvgIpc) is 2.62. The molecule has 2 N–H and O–H groups in total. The molecule has 27 heavy (non-hydrogen) atoms. The third kappa shape index (κ3) is 5.20. The smallest absolute Gasteiger partial charge is 0.335 e. The molecule has 150 valence electrons. The number of benzene rings is 1. The highest BCUT2D eigenvalue weighted by Gasteiger charge is 2.36. The molecule has 1 aromatic rings. The summed E-state index contributed by atoms with van der Waals surface area (Å²) < 4.78 is 36.2. The molecular weight excluding hydrogens is 374 g/mol. The summed E-state index contributed by atoms with van der Waals surface area (Å²) in [5.41, 5.74) is 0.0870. The average molecular weight is 399 g/mol. The molecule has 2 rings (SSSR count). The van der Waals surface area contributed by atoms with E-state index in [1.807, 2.05) is 0 Å². The molecule has 0 saturated carbocycles. The van der Waals surface area contributed by atoms with Gasteiger partial charge in [-0.25, -0.2) is 13.2 Å². The molecule has 1 aliphatic heterocycles. The zero-order chi connectivity index (χ0) is 20.2. The highest BCUT2D eigenvalue weighted by molar-refractivity contribution is 7.93. The number of amides is 1. The van der Waals surface area contributed by atoms with E-state index in [4.69, 9.17) is 14.6 Å². The van der Waals surface area contributed by atoms with E-state index in [2.05, 4.69) is 5.32 Å². The molecule has 0 aliphatic carbocycles. The third-order valence-electron chi connectivity index (χ3n) is 4.34. The maximum atomic E-state index is 12.7. The van der Waals surface area contributed by atoms with Crippen molar-refractivity contribution in [2.45, 2.75) is 50.2 Å². The monoisotopic (exact) mass is 399 g/mol. The van der Waals surface area contributed by atoms with Gasteiger partial charge in [-0.05, 0) is 51.8 Å². The van der Waals surface area contributed by atoms with Gasteiger partial charge in [-0.15, -0.1) is 0 Å². The fourth-order valence-corrected chi connectivity index (χ4v) is 4.58. The van der Waals surface area contributed by atoms with Crippen LogP contribution in [0.1, 0.15) is 44.0 Å². The summed E-state index contributed by atoms with van der Waals surface area (Å²) in [5, 5.41) is 9.78. The first-order valence-electron chi connectivity index (χ1n) is 8.78.